The van der Waals surface area contributed by atoms with Crippen molar-refractivity contribution in [3.8, 4) is 5.75 Å². The van der Waals surface area contributed by atoms with E-state index in [-0.39, 0.29) is 10.6 Å². The number of sulfonamides is 1. The fourth-order valence-electron chi connectivity index (χ4n) is 1.76. The first-order valence-corrected chi connectivity index (χ1v) is 6.73. The normalized spacial score (nSPS) is 19.3. The molecule has 1 aliphatic heterocycles. The van der Waals surface area contributed by atoms with Crippen molar-refractivity contribution in [3.63, 3.8) is 0 Å². The van der Waals surface area contributed by atoms with Gasteiger partial charge in [0.25, 0.3) is 5.92 Å². The number of alkyl halides is 2. The summed E-state index contributed by atoms with van der Waals surface area (Å²) in [6.45, 7) is 0.183. The number of rotatable bonds is 3. The molecule has 0 radical (unpaired) electrons. The van der Waals surface area contributed by atoms with Crippen LogP contribution in [-0.2, 0) is 10.0 Å². The molecule has 100 valence electrons. The molecule has 0 unspecified atom stereocenters. The second-order valence-electron chi connectivity index (χ2n) is 4.28. The zero-order chi connectivity index (χ0) is 13.6. The molecular weight excluding hydrogens is 264 g/mol. The molecule has 0 saturated carbocycles. The van der Waals surface area contributed by atoms with Crippen LogP contribution in [0.5, 0.6) is 5.75 Å². The Bertz CT molecular complexity index is 564. The Hall–Kier alpha value is -1.21. The third-order valence-corrected chi connectivity index (χ3v) is 4.57. The van der Waals surface area contributed by atoms with Gasteiger partial charge in [0, 0.05) is 0 Å². The van der Waals surface area contributed by atoms with Crippen molar-refractivity contribution in [1.29, 1.82) is 0 Å². The fourth-order valence-corrected chi connectivity index (χ4v) is 3.50. The van der Waals surface area contributed by atoms with Gasteiger partial charge in [-0.1, -0.05) is 6.07 Å². The van der Waals surface area contributed by atoms with E-state index in [2.05, 4.69) is 0 Å². The standard InChI is InChI=1S/C11H13F2NO3S/c1-8-3-4-9(17-2)10(5-8)18(15,16)14-6-11(12,13)7-14/h3-5H,6-7H2,1-2H3. The molecular formula is C11H13F2NO3S. The summed E-state index contributed by atoms with van der Waals surface area (Å²) in [5.41, 5.74) is 0.724. The average Bonchev–Trinajstić information content (AvgIpc) is 2.25. The molecule has 0 spiro atoms. The average molecular weight is 277 g/mol. The zero-order valence-corrected chi connectivity index (χ0v) is 10.8. The molecule has 1 heterocycles. The molecule has 0 aromatic heterocycles. The van der Waals surface area contributed by atoms with E-state index in [9.17, 15) is 17.2 Å². The van der Waals surface area contributed by atoms with Gasteiger partial charge in [-0.15, -0.1) is 0 Å². The van der Waals surface area contributed by atoms with Gasteiger partial charge in [0.2, 0.25) is 10.0 Å². The number of nitrogens with zero attached hydrogens (tertiary/aromatic N) is 1. The second kappa shape index (κ2) is 4.17. The van der Waals surface area contributed by atoms with Crippen LogP contribution in [0.4, 0.5) is 8.78 Å². The number of benzene rings is 1. The fraction of sp³-hybridized carbons (Fsp3) is 0.455. The predicted molar refractivity (Wildman–Crippen MR) is 61.4 cm³/mol. The van der Waals surface area contributed by atoms with Crippen LogP contribution in [0.25, 0.3) is 0 Å². The van der Waals surface area contributed by atoms with Crippen molar-refractivity contribution in [2.24, 2.45) is 0 Å². The number of halogens is 2. The smallest absolute Gasteiger partial charge is 0.275 e. The van der Waals surface area contributed by atoms with Gasteiger partial charge in [0.15, 0.2) is 0 Å². The molecule has 1 aliphatic rings. The lowest BCUT2D eigenvalue weighted by atomic mass is 10.2. The van der Waals surface area contributed by atoms with Crippen molar-refractivity contribution in [1.82, 2.24) is 4.31 Å². The molecule has 0 amide bonds. The van der Waals surface area contributed by atoms with Crippen molar-refractivity contribution >= 4 is 10.0 Å². The minimum absolute atomic E-state index is 0.0690. The third kappa shape index (κ3) is 2.20. The van der Waals surface area contributed by atoms with Crippen molar-refractivity contribution < 1.29 is 21.9 Å². The predicted octanol–water partition coefficient (Wildman–Crippen LogP) is 1.64. The molecule has 0 atom stereocenters. The van der Waals surface area contributed by atoms with E-state index in [1.807, 2.05) is 0 Å². The zero-order valence-electron chi connectivity index (χ0n) is 9.98. The maximum absolute atomic E-state index is 12.8. The first-order valence-electron chi connectivity index (χ1n) is 5.29. The molecule has 1 aromatic rings. The quantitative estimate of drug-likeness (QED) is 0.844. The van der Waals surface area contributed by atoms with Crippen LogP contribution in [0.3, 0.4) is 0 Å². The topological polar surface area (TPSA) is 46.6 Å². The summed E-state index contributed by atoms with van der Waals surface area (Å²) in [6, 6.07) is 4.63. The minimum atomic E-state index is -3.91. The highest BCUT2D eigenvalue weighted by Crippen LogP contribution is 2.35. The molecule has 18 heavy (non-hydrogen) atoms. The summed E-state index contributed by atoms with van der Waals surface area (Å²) < 4.78 is 55.5. The first-order chi connectivity index (χ1) is 8.26. The van der Waals surface area contributed by atoms with Crippen molar-refractivity contribution in [2.75, 3.05) is 20.2 Å². The minimum Gasteiger partial charge on any atom is -0.495 e. The number of methoxy groups -OCH3 is 1. The highest BCUT2D eigenvalue weighted by molar-refractivity contribution is 7.89. The van der Waals surface area contributed by atoms with E-state index in [0.717, 1.165) is 9.87 Å². The van der Waals surface area contributed by atoms with Gasteiger partial charge in [0.05, 0.1) is 20.2 Å². The van der Waals surface area contributed by atoms with Gasteiger partial charge in [-0.3, -0.25) is 0 Å². The van der Waals surface area contributed by atoms with Crippen LogP contribution in [0.2, 0.25) is 0 Å². The SMILES string of the molecule is COc1ccc(C)cc1S(=O)(=O)N1CC(F)(F)C1. The van der Waals surface area contributed by atoms with E-state index in [0.29, 0.717) is 0 Å². The highest BCUT2D eigenvalue weighted by atomic mass is 32.2. The summed E-state index contributed by atoms with van der Waals surface area (Å²) in [6.07, 6.45) is 0. The van der Waals surface area contributed by atoms with Crippen molar-refractivity contribution in [2.45, 2.75) is 17.7 Å². The van der Waals surface area contributed by atoms with Gasteiger partial charge in [-0.2, -0.15) is 4.31 Å². The summed E-state index contributed by atoms with van der Waals surface area (Å²) >= 11 is 0. The lowest BCUT2D eigenvalue weighted by Crippen LogP contribution is -2.58. The van der Waals surface area contributed by atoms with Gasteiger partial charge in [-0.05, 0) is 24.6 Å². The van der Waals surface area contributed by atoms with Crippen LogP contribution in [-0.4, -0.2) is 38.8 Å². The monoisotopic (exact) mass is 277 g/mol. The first kappa shape index (κ1) is 13.2. The molecule has 1 fully saturated rings. The van der Waals surface area contributed by atoms with Gasteiger partial charge < -0.3 is 4.74 Å². The number of hydrogen-bond acceptors (Lipinski definition) is 3. The Morgan fingerprint density at radius 3 is 2.44 bits per heavy atom. The van der Waals surface area contributed by atoms with Crippen LogP contribution in [0.1, 0.15) is 5.56 Å². The largest absolute Gasteiger partial charge is 0.495 e. The Balaban J connectivity index is 2.39. The van der Waals surface area contributed by atoms with Crippen LogP contribution < -0.4 is 4.74 Å². The summed E-state index contributed by atoms with van der Waals surface area (Å²) in [7, 11) is -2.57. The highest BCUT2D eigenvalue weighted by Gasteiger charge is 2.50. The summed E-state index contributed by atoms with van der Waals surface area (Å²) in [5, 5.41) is 0. The molecule has 0 bridgehead atoms. The lowest BCUT2D eigenvalue weighted by Gasteiger charge is -2.37. The molecule has 1 aromatic carbocycles. The third-order valence-electron chi connectivity index (χ3n) is 2.75. The van der Waals surface area contributed by atoms with E-state index >= 15 is 0 Å². The Labute approximate surface area is 104 Å². The Kier molecular flexibility index (Phi) is 3.06. The number of hydrogen-bond donors (Lipinski definition) is 0. The van der Waals surface area contributed by atoms with Gasteiger partial charge in [0.1, 0.15) is 10.6 Å². The van der Waals surface area contributed by atoms with Crippen molar-refractivity contribution in [3.05, 3.63) is 23.8 Å². The molecule has 0 aliphatic carbocycles. The van der Waals surface area contributed by atoms with E-state index in [1.165, 1.54) is 19.2 Å². The Morgan fingerprint density at radius 2 is 1.94 bits per heavy atom. The molecule has 0 N–H and O–H groups in total. The van der Waals surface area contributed by atoms with Gasteiger partial charge in [-0.25, -0.2) is 17.2 Å². The van der Waals surface area contributed by atoms with E-state index in [1.54, 1.807) is 13.0 Å². The van der Waals surface area contributed by atoms with Crippen LogP contribution >= 0.6 is 0 Å². The number of ether oxygens (including phenoxy) is 1. The lowest BCUT2D eigenvalue weighted by molar-refractivity contribution is -0.0945. The molecule has 7 heteroatoms. The Morgan fingerprint density at radius 1 is 1.33 bits per heavy atom. The van der Waals surface area contributed by atoms with Gasteiger partial charge >= 0.3 is 0 Å². The van der Waals surface area contributed by atoms with E-state index < -0.39 is 29.0 Å². The summed E-state index contributed by atoms with van der Waals surface area (Å²) in [4.78, 5) is -0.0690. The maximum Gasteiger partial charge on any atom is 0.275 e. The maximum atomic E-state index is 12.8. The van der Waals surface area contributed by atoms with Crippen LogP contribution in [0.15, 0.2) is 23.1 Å². The van der Waals surface area contributed by atoms with E-state index in [4.69, 9.17) is 4.74 Å². The summed E-state index contributed by atoms with van der Waals surface area (Å²) in [5.74, 6) is -2.76. The molecule has 4 nitrogen and oxygen atoms in total. The molecule has 2 rings (SSSR count). The number of aryl methyl sites for hydroxylation is 1. The second-order valence-corrected chi connectivity index (χ2v) is 6.19. The molecule has 1 saturated heterocycles. The van der Waals surface area contributed by atoms with Crippen LogP contribution in [0, 0.1) is 6.92 Å².